The van der Waals surface area contributed by atoms with Crippen LogP contribution < -0.4 is 11.1 Å². The van der Waals surface area contributed by atoms with Crippen molar-refractivity contribution in [2.75, 3.05) is 24.2 Å². The van der Waals surface area contributed by atoms with E-state index in [1.165, 1.54) is 0 Å². The maximum atomic E-state index is 9.16. The van der Waals surface area contributed by atoms with Gasteiger partial charge in [0.1, 0.15) is 5.82 Å². The highest BCUT2D eigenvalue weighted by atomic mass is 16.3. The Bertz CT molecular complexity index is 362. The van der Waals surface area contributed by atoms with Crippen LogP contribution in [-0.4, -0.2) is 28.2 Å². The lowest BCUT2D eigenvalue weighted by atomic mass is 10.1. The average Bonchev–Trinajstić information content (AvgIpc) is 3.00. The first kappa shape index (κ1) is 10.2. The van der Waals surface area contributed by atoms with E-state index in [0.717, 1.165) is 30.8 Å². The first-order valence-electron chi connectivity index (χ1n) is 5.09. The fourth-order valence-electron chi connectivity index (χ4n) is 1.47. The molecule has 1 aliphatic carbocycles. The van der Waals surface area contributed by atoms with Crippen LogP contribution in [-0.2, 0) is 0 Å². The number of hydrogen-bond acceptors (Lipinski definition) is 5. The van der Waals surface area contributed by atoms with Crippen molar-refractivity contribution >= 4 is 11.8 Å². The number of aliphatic hydroxyl groups is 1. The summed E-state index contributed by atoms with van der Waals surface area (Å²) < 4.78 is 0. The van der Waals surface area contributed by atoms with E-state index in [9.17, 15) is 0 Å². The van der Waals surface area contributed by atoms with Crippen molar-refractivity contribution in [1.82, 2.24) is 9.97 Å². The molecule has 1 fully saturated rings. The number of nitrogens with two attached hydrogens (primary N) is 1. The standard InChI is InChI=1S/C10H16N4O/c1-7-4-12-9(11)14-8(7)13-5-10(6-15)2-3-10/h4,15H,2-3,5-6H2,1H3,(H3,11,12,13,14). The normalized spacial score (nSPS) is 17.5. The number of aliphatic hydroxyl groups excluding tert-OH is 1. The second kappa shape index (κ2) is 3.66. The molecule has 5 heteroatoms. The molecule has 1 heterocycles. The summed E-state index contributed by atoms with van der Waals surface area (Å²) in [6.07, 6.45) is 3.86. The molecule has 0 atom stereocenters. The second-order valence-corrected chi connectivity index (χ2v) is 4.27. The zero-order valence-electron chi connectivity index (χ0n) is 8.82. The van der Waals surface area contributed by atoms with Crippen molar-refractivity contribution in [2.45, 2.75) is 19.8 Å². The van der Waals surface area contributed by atoms with Gasteiger partial charge in [0.25, 0.3) is 0 Å². The van der Waals surface area contributed by atoms with Crippen LogP contribution >= 0.6 is 0 Å². The van der Waals surface area contributed by atoms with Crippen LogP contribution in [0.2, 0.25) is 0 Å². The van der Waals surface area contributed by atoms with E-state index in [1.807, 2.05) is 6.92 Å². The lowest BCUT2D eigenvalue weighted by molar-refractivity contribution is 0.219. The Labute approximate surface area is 88.7 Å². The molecule has 0 unspecified atom stereocenters. The number of rotatable bonds is 4. The van der Waals surface area contributed by atoms with Crippen molar-refractivity contribution in [2.24, 2.45) is 5.41 Å². The molecule has 0 amide bonds. The minimum absolute atomic E-state index is 0.0755. The van der Waals surface area contributed by atoms with Crippen LogP contribution in [0.5, 0.6) is 0 Å². The van der Waals surface area contributed by atoms with Crippen molar-refractivity contribution in [1.29, 1.82) is 0 Å². The third-order valence-corrected chi connectivity index (χ3v) is 2.91. The van der Waals surface area contributed by atoms with E-state index in [-0.39, 0.29) is 18.0 Å². The SMILES string of the molecule is Cc1cnc(N)nc1NCC1(CO)CC1. The molecule has 1 saturated carbocycles. The summed E-state index contributed by atoms with van der Waals surface area (Å²) in [4.78, 5) is 8.01. The predicted molar refractivity (Wildman–Crippen MR) is 58.4 cm³/mol. The lowest BCUT2D eigenvalue weighted by Gasteiger charge is -2.14. The molecule has 4 N–H and O–H groups in total. The molecule has 1 aliphatic rings. The minimum Gasteiger partial charge on any atom is -0.396 e. The van der Waals surface area contributed by atoms with Crippen LogP contribution in [0.25, 0.3) is 0 Å². The van der Waals surface area contributed by atoms with E-state index in [0.29, 0.717) is 0 Å². The number of aryl methyl sites for hydroxylation is 1. The number of nitrogens with one attached hydrogen (secondary N) is 1. The Morgan fingerprint density at radius 3 is 2.93 bits per heavy atom. The second-order valence-electron chi connectivity index (χ2n) is 4.27. The van der Waals surface area contributed by atoms with Gasteiger partial charge in [0.2, 0.25) is 5.95 Å². The molecular weight excluding hydrogens is 192 g/mol. The van der Waals surface area contributed by atoms with Crippen molar-refractivity contribution in [3.05, 3.63) is 11.8 Å². The Hall–Kier alpha value is -1.36. The summed E-state index contributed by atoms with van der Waals surface area (Å²) >= 11 is 0. The Kier molecular flexibility index (Phi) is 2.48. The first-order chi connectivity index (χ1) is 7.15. The maximum absolute atomic E-state index is 9.16. The largest absolute Gasteiger partial charge is 0.396 e. The molecule has 0 aliphatic heterocycles. The predicted octanol–water partition coefficient (Wildman–Crippen LogP) is 0.552. The highest BCUT2D eigenvalue weighted by Gasteiger charge is 2.41. The van der Waals surface area contributed by atoms with Gasteiger partial charge in [0, 0.05) is 23.7 Å². The minimum atomic E-state index is 0.0755. The molecule has 2 rings (SSSR count). The number of anilines is 2. The molecule has 0 saturated heterocycles. The molecule has 0 spiro atoms. The number of aromatic nitrogens is 2. The Morgan fingerprint density at radius 1 is 1.60 bits per heavy atom. The topological polar surface area (TPSA) is 84.1 Å². The molecule has 1 aromatic heterocycles. The van der Waals surface area contributed by atoms with E-state index in [1.54, 1.807) is 6.20 Å². The zero-order chi connectivity index (χ0) is 10.9. The molecule has 1 aromatic rings. The van der Waals surface area contributed by atoms with Gasteiger partial charge in [-0.15, -0.1) is 0 Å². The summed E-state index contributed by atoms with van der Waals surface area (Å²) in [6, 6.07) is 0. The van der Waals surface area contributed by atoms with Gasteiger partial charge in [-0.25, -0.2) is 4.98 Å². The summed E-state index contributed by atoms with van der Waals surface area (Å²) in [5.74, 6) is 1.04. The summed E-state index contributed by atoms with van der Waals surface area (Å²) in [6.45, 7) is 2.92. The van der Waals surface area contributed by atoms with Gasteiger partial charge in [0.15, 0.2) is 0 Å². The van der Waals surface area contributed by atoms with Crippen LogP contribution in [0.4, 0.5) is 11.8 Å². The van der Waals surface area contributed by atoms with Gasteiger partial charge < -0.3 is 16.2 Å². The van der Waals surface area contributed by atoms with E-state index < -0.39 is 0 Å². The Morgan fingerprint density at radius 2 is 2.33 bits per heavy atom. The molecular formula is C10H16N4O. The van der Waals surface area contributed by atoms with Gasteiger partial charge in [-0.05, 0) is 19.8 Å². The lowest BCUT2D eigenvalue weighted by Crippen LogP contribution is -2.20. The highest BCUT2D eigenvalue weighted by Crippen LogP contribution is 2.44. The molecule has 0 bridgehead atoms. The Balaban J connectivity index is 2.01. The zero-order valence-corrected chi connectivity index (χ0v) is 8.82. The van der Waals surface area contributed by atoms with Gasteiger partial charge in [-0.2, -0.15) is 4.98 Å². The van der Waals surface area contributed by atoms with Gasteiger partial charge in [-0.1, -0.05) is 0 Å². The van der Waals surface area contributed by atoms with E-state index in [2.05, 4.69) is 15.3 Å². The highest BCUT2D eigenvalue weighted by molar-refractivity contribution is 5.45. The monoisotopic (exact) mass is 208 g/mol. The molecule has 0 radical (unpaired) electrons. The molecule has 5 nitrogen and oxygen atoms in total. The van der Waals surface area contributed by atoms with Crippen LogP contribution in [0, 0.1) is 12.3 Å². The number of nitrogens with zero attached hydrogens (tertiary/aromatic N) is 2. The van der Waals surface area contributed by atoms with Gasteiger partial charge >= 0.3 is 0 Å². The molecule has 15 heavy (non-hydrogen) atoms. The number of hydrogen-bond donors (Lipinski definition) is 3. The first-order valence-corrected chi connectivity index (χ1v) is 5.09. The summed E-state index contributed by atoms with van der Waals surface area (Å²) in [5, 5.41) is 12.4. The van der Waals surface area contributed by atoms with Crippen LogP contribution in [0.15, 0.2) is 6.20 Å². The van der Waals surface area contributed by atoms with Gasteiger partial charge in [0.05, 0.1) is 6.61 Å². The van der Waals surface area contributed by atoms with Gasteiger partial charge in [-0.3, -0.25) is 0 Å². The summed E-state index contributed by atoms with van der Waals surface area (Å²) in [5.41, 5.74) is 6.55. The maximum Gasteiger partial charge on any atom is 0.221 e. The van der Waals surface area contributed by atoms with Crippen molar-refractivity contribution in [3.8, 4) is 0 Å². The van der Waals surface area contributed by atoms with Crippen LogP contribution in [0.3, 0.4) is 0 Å². The quantitative estimate of drug-likeness (QED) is 0.673. The number of nitrogen functional groups attached to an aromatic ring is 1. The van der Waals surface area contributed by atoms with Crippen molar-refractivity contribution < 1.29 is 5.11 Å². The fraction of sp³-hybridized carbons (Fsp3) is 0.600. The molecule has 82 valence electrons. The van der Waals surface area contributed by atoms with E-state index >= 15 is 0 Å². The van der Waals surface area contributed by atoms with Crippen LogP contribution in [0.1, 0.15) is 18.4 Å². The average molecular weight is 208 g/mol. The molecule has 0 aromatic carbocycles. The fourth-order valence-corrected chi connectivity index (χ4v) is 1.47. The van der Waals surface area contributed by atoms with E-state index in [4.69, 9.17) is 10.8 Å². The van der Waals surface area contributed by atoms with Crippen molar-refractivity contribution in [3.63, 3.8) is 0 Å². The summed E-state index contributed by atoms with van der Waals surface area (Å²) in [7, 11) is 0. The smallest absolute Gasteiger partial charge is 0.221 e. The third kappa shape index (κ3) is 2.18. The third-order valence-electron chi connectivity index (χ3n) is 2.91.